The molecule has 89 heavy (non-hydrogen) atoms. The van der Waals surface area contributed by atoms with Crippen molar-refractivity contribution in [3.63, 3.8) is 0 Å². The number of likely N-dealkylation sites (N-methyl/N-ethyl adjacent to an activating group) is 2. The van der Waals surface area contributed by atoms with Crippen LogP contribution in [0.2, 0.25) is 0 Å². The summed E-state index contributed by atoms with van der Waals surface area (Å²) < 4.78 is 17.3. The average molecular weight is 1260 g/mol. The first-order valence-corrected chi connectivity index (χ1v) is 30.6. The van der Waals surface area contributed by atoms with Crippen molar-refractivity contribution in [2.75, 3.05) is 39.0 Å². The molecule has 7 amide bonds. The molecule has 3 aliphatic heterocycles. The van der Waals surface area contributed by atoms with E-state index in [9.17, 15) is 73.5 Å². The molecule has 2 fully saturated rings. The number of aliphatic hydroxyl groups is 3. The monoisotopic (exact) mass is 1260 g/mol. The molecule has 0 spiro atoms. The second-order valence-electron chi connectivity index (χ2n) is 23.6. The predicted octanol–water partition coefficient (Wildman–Crippen LogP) is 1.77. The minimum absolute atomic E-state index is 0.0387. The number of carbonyl (C=O) groups is 10. The maximum absolute atomic E-state index is 15.0. The number of nitrogens with one attached hydrogen (secondary N) is 4. The van der Waals surface area contributed by atoms with E-state index in [0.29, 0.717) is 47.7 Å². The molecule has 6 rings (SSSR count). The van der Waals surface area contributed by atoms with Gasteiger partial charge >= 0.3 is 17.9 Å². The van der Waals surface area contributed by atoms with E-state index >= 15 is 0 Å². The van der Waals surface area contributed by atoms with Gasteiger partial charge in [0.05, 0.1) is 25.2 Å². The lowest BCUT2D eigenvalue weighted by Gasteiger charge is -2.44. The highest BCUT2D eigenvalue weighted by Crippen LogP contribution is 2.35. The van der Waals surface area contributed by atoms with Gasteiger partial charge in [-0.2, -0.15) is 0 Å². The van der Waals surface area contributed by atoms with E-state index in [0.717, 1.165) is 35.5 Å². The van der Waals surface area contributed by atoms with Gasteiger partial charge < -0.3 is 76.1 Å². The zero-order valence-corrected chi connectivity index (χ0v) is 52.1. The first-order chi connectivity index (χ1) is 42.1. The van der Waals surface area contributed by atoms with Gasteiger partial charge in [0.2, 0.25) is 24.0 Å². The zero-order valence-electron chi connectivity index (χ0n) is 51.2. The van der Waals surface area contributed by atoms with Crippen LogP contribution in [-0.2, 0) is 65.6 Å². The van der Waals surface area contributed by atoms with Crippen molar-refractivity contribution in [2.24, 2.45) is 23.5 Å². The number of imide groups is 1. The van der Waals surface area contributed by atoms with Crippen molar-refractivity contribution in [1.82, 2.24) is 30.7 Å². The summed E-state index contributed by atoms with van der Waals surface area (Å²) >= 11 is 1.10. The van der Waals surface area contributed by atoms with Crippen molar-refractivity contribution in [1.29, 1.82) is 0 Å². The van der Waals surface area contributed by atoms with Gasteiger partial charge in [-0.15, -0.1) is 11.3 Å². The van der Waals surface area contributed by atoms with Crippen LogP contribution in [-0.4, -0.2) is 199 Å². The predicted molar refractivity (Wildman–Crippen MR) is 321 cm³/mol. The number of carboxylic acid groups (broad SMARTS) is 2. The van der Waals surface area contributed by atoms with E-state index in [4.69, 9.17) is 19.9 Å². The molecule has 28 heteroatoms. The molecule has 0 bridgehead atoms. The molecular weight excluding hydrogens is 1180 g/mol. The SMILES string of the molecule is CC[C@H](C)[C@H](NC(=O)C1CCCC[N+]1(C)Cc1ccc(O[C@@H]2O[C@H](C(=O)O)[C@@H](O)[C@H](O)[C@H]2O)c(NC(=O)CCNC(=O)[C@H](CN)N2C(=O)C=CC2=O)c1)C(=O)N(C)[C@H](C[C@@H](OC(C)=O)c1nc(C(=O)N[C@@H](Cc2ccccc2)C[C@H](C)C(=O)O)cs1)C(C)C. The minimum atomic E-state index is -2.03. The summed E-state index contributed by atoms with van der Waals surface area (Å²) in [6.45, 7) is 10.3. The van der Waals surface area contributed by atoms with Crippen LogP contribution < -0.4 is 31.7 Å². The molecule has 3 aliphatic rings. The van der Waals surface area contributed by atoms with Gasteiger partial charge in [0, 0.05) is 81.5 Å². The molecule has 11 N–H and O–H groups in total. The van der Waals surface area contributed by atoms with Crippen molar-refractivity contribution < 1.29 is 92.2 Å². The fourth-order valence-electron chi connectivity index (χ4n) is 11.4. The summed E-state index contributed by atoms with van der Waals surface area (Å²) in [6, 6.07) is 9.64. The Morgan fingerprint density at radius 3 is 2.21 bits per heavy atom. The summed E-state index contributed by atoms with van der Waals surface area (Å²) in [5.74, 6) is -9.11. The standard InChI is InChI=1S/C61H83N9O18S/c1-9-33(4)49(58(81)68(7)41(32(2)3)28-45(86-35(6)71)57-66-40(31-89-57)54(78)64-38(25-34(5)59(82)83)26-36-15-11-10-12-16-36)67-56(80)43-17-13-14-24-70(43,8)30-37-18-19-44(87-61-52(77)50(75)51(76)53(88-61)60(84)85)39(27-37)65-46(72)22-23-63-55(79)42(29-62)69-47(73)20-21-48(69)74/h10-12,15-16,18-21,27,31-34,38,41-43,45,49-53,61,75-77H,9,13-14,17,22-26,28-30,62H2,1-8H3,(H5-,63,64,65,67,72,78,79,80,82,83,84,85)/p+1/t33-,34-,38+,41+,42-,43?,45+,49-,50-,51-,52+,53-,61+,70?/m0/s1. The molecule has 0 saturated carbocycles. The highest BCUT2D eigenvalue weighted by atomic mass is 32.1. The molecule has 3 aromatic rings. The molecule has 2 saturated heterocycles. The smallest absolute Gasteiger partial charge is 0.335 e. The number of hydrogen-bond acceptors (Lipinski definition) is 19. The maximum Gasteiger partial charge on any atom is 0.335 e. The molecule has 1 aromatic heterocycles. The Balaban J connectivity index is 1.20. The number of aliphatic carboxylic acids is 2. The number of nitrogens with two attached hydrogens (primary N) is 1. The van der Waals surface area contributed by atoms with Gasteiger partial charge in [-0.3, -0.25) is 48.1 Å². The fraction of sp³-hybridized carbons (Fsp3) is 0.557. The number of quaternary nitrogens is 1. The largest absolute Gasteiger partial charge is 0.481 e. The van der Waals surface area contributed by atoms with Crippen molar-refractivity contribution in [3.05, 3.63) is 87.9 Å². The van der Waals surface area contributed by atoms with E-state index in [2.05, 4.69) is 26.3 Å². The third-order valence-electron chi connectivity index (χ3n) is 16.6. The third-order valence-corrected chi connectivity index (χ3v) is 17.5. The summed E-state index contributed by atoms with van der Waals surface area (Å²) in [4.78, 5) is 138. The summed E-state index contributed by atoms with van der Waals surface area (Å²) in [5, 5.41) is 64.3. The van der Waals surface area contributed by atoms with E-state index < -0.39 is 139 Å². The summed E-state index contributed by atoms with van der Waals surface area (Å²) in [5.41, 5.74) is 7.19. The fourth-order valence-corrected chi connectivity index (χ4v) is 12.2. The molecule has 2 unspecified atom stereocenters. The van der Waals surface area contributed by atoms with E-state index in [1.807, 2.05) is 65.1 Å². The highest BCUT2D eigenvalue weighted by molar-refractivity contribution is 7.09. The number of esters is 1. The lowest BCUT2D eigenvalue weighted by Crippen LogP contribution is -2.63. The third kappa shape index (κ3) is 18.2. The number of ether oxygens (including phenoxy) is 3. The van der Waals surface area contributed by atoms with Crippen LogP contribution in [0.25, 0.3) is 0 Å². The topological polar surface area (TPSA) is 393 Å². The molecular formula is C61H84N9O18S+. The van der Waals surface area contributed by atoms with Crippen LogP contribution in [0.4, 0.5) is 5.69 Å². The summed E-state index contributed by atoms with van der Waals surface area (Å²) in [7, 11) is 3.51. The number of piperidine rings is 1. The van der Waals surface area contributed by atoms with Crippen LogP contribution in [0.5, 0.6) is 5.75 Å². The number of anilines is 1. The minimum Gasteiger partial charge on any atom is -0.481 e. The van der Waals surface area contributed by atoms with Crippen LogP contribution in [0, 0.1) is 17.8 Å². The zero-order chi connectivity index (χ0) is 65.6. The number of aromatic nitrogens is 1. The average Bonchev–Trinajstić information content (AvgIpc) is 1.58. The van der Waals surface area contributed by atoms with Gasteiger partial charge in [-0.25, -0.2) is 9.78 Å². The van der Waals surface area contributed by atoms with Crippen molar-refractivity contribution >= 4 is 76.3 Å². The van der Waals surface area contributed by atoms with E-state index in [1.54, 1.807) is 24.9 Å². The number of hydrogen-bond donors (Lipinski definition) is 10. The number of benzene rings is 2. The van der Waals surface area contributed by atoms with Crippen molar-refractivity contribution in [3.8, 4) is 5.75 Å². The highest BCUT2D eigenvalue weighted by Gasteiger charge is 2.49. The van der Waals surface area contributed by atoms with Gasteiger partial charge in [0.1, 0.15) is 53.4 Å². The Kier molecular flexibility index (Phi) is 25.0. The molecule has 0 radical (unpaired) electrons. The van der Waals surface area contributed by atoms with Crippen LogP contribution >= 0.6 is 11.3 Å². The van der Waals surface area contributed by atoms with Crippen LogP contribution in [0.15, 0.2) is 66.1 Å². The normalized spacial score (nSPS) is 23.2. The Labute approximate surface area is 519 Å². The number of carboxylic acids is 2. The quantitative estimate of drug-likeness (QED) is 0.0258. The van der Waals surface area contributed by atoms with E-state index in [-0.39, 0.29) is 65.8 Å². The number of amides is 7. The van der Waals surface area contributed by atoms with Crippen molar-refractivity contribution in [2.45, 2.75) is 166 Å². The number of thiazole rings is 1. The Morgan fingerprint density at radius 1 is 0.910 bits per heavy atom. The second kappa shape index (κ2) is 31.6. The van der Waals surface area contributed by atoms with Gasteiger partial charge in [0.15, 0.2) is 18.2 Å². The molecule has 4 heterocycles. The maximum atomic E-state index is 15.0. The molecule has 14 atom stereocenters. The molecule has 486 valence electrons. The van der Waals surface area contributed by atoms with Crippen LogP contribution in [0.3, 0.4) is 0 Å². The Morgan fingerprint density at radius 2 is 1.60 bits per heavy atom. The van der Waals surface area contributed by atoms with Crippen LogP contribution in [0.1, 0.15) is 119 Å². The summed E-state index contributed by atoms with van der Waals surface area (Å²) in [6.07, 6.45) is -6.36. The molecule has 27 nitrogen and oxygen atoms in total. The first kappa shape index (κ1) is 70.4. The van der Waals surface area contributed by atoms with Gasteiger partial charge in [-0.05, 0) is 61.3 Å². The number of likely N-dealkylation sites (tertiary alicyclic amines) is 1. The lowest BCUT2D eigenvalue weighted by molar-refractivity contribution is -0.942. The Hall–Kier alpha value is -7.73. The van der Waals surface area contributed by atoms with Gasteiger partial charge in [-0.1, -0.05) is 71.4 Å². The molecule has 2 aromatic carbocycles. The number of carbonyl (C=O) groups excluding carboxylic acids is 8. The number of nitrogens with zero attached hydrogens (tertiary/aromatic N) is 4. The van der Waals surface area contributed by atoms with Gasteiger partial charge in [0.25, 0.3) is 23.6 Å². The second-order valence-corrected chi connectivity index (χ2v) is 24.5. The van der Waals surface area contributed by atoms with E-state index in [1.165, 1.54) is 24.4 Å². The number of rotatable bonds is 30. The lowest BCUT2D eigenvalue weighted by atomic mass is 9.92. The first-order valence-electron chi connectivity index (χ1n) is 29.7. The molecule has 0 aliphatic carbocycles. The number of aliphatic hydroxyl groups excluding tert-OH is 3. The Bertz CT molecular complexity index is 3060.